The van der Waals surface area contributed by atoms with Crippen molar-refractivity contribution in [2.24, 2.45) is 5.92 Å². The van der Waals surface area contributed by atoms with Crippen LogP contribution in [0.3, 0.4) is 0 Å². The predicted octanol–water partition coefficient (Wildman–Crippen LogP) is 5.68. The summed E-state index contributed by atoms with van der Waals surface area (Å²) in [4.78, 5) is 39.4. The van der Waals surface area contributed by atoms with Gasteiger partial charge in [0.05, 0.1) is 17.9 Å². The Labute approximate surface area is 283 Å². The molecule has 12 heteroatoms. The third-order valence-corrected chi connectivity index (χ3v) is 11.0. The Morgan fingerprint density at radius 3 is 2.34 bits per heavy atom. The lowest BCUT2D eigenvalue weighted by Gasteiger charge is -2.51. The molecule has 0 unspecified atom stereocenters. The Morgan fingerprint density at radius 1 is 1.00 bits per heavy atom. The molecule has 0 radical (unpaired) electrons. The Kier molecular flexibility index (Phi) is 12.5. The van der Waals surface area contributed by atoms with Crippen LogP contribution in [-0.2, 0) is 15.2 Å². The number of carbonyl (C=O) groups excluding carboxylic acids is 1. The molecule has 6 rings (SSSR count). The van der Waals surface area contributed by atoms with Gasteiger partial charge >= 0.3 is 6.09 Å². The summed E-state index contributed by atoms with van der Waals surface area (Å²) >= 11 is 1.76. The summed E-state index contributed by atoms with van der Waals surface area (Å²) in [6, 6.07) is 4.14. The number of thioether (sulfide) groups is 1. The van der Waals surface area contributed by atoms with Gasteiger partial charge in [-0.15, -0.1) is 0 Å². The van der Waals surface area contributed by atoms with Crippen molar-refractivity contribution in [3.63, 3.8) is 0 Å². The fourth-order valence-corrected chi connectivity index (χ4v) is 7.95. The summed E-state index contributed by atoms with van der Waals surface area (Å²) in [5.41, 5.74) is -0.559. The van der Waals surface area contributed by atoms with Crippen LogP contribution in [0.2, 0.25) is 0 Å². The first-order chi connectivity index (χ1) is 22.6. The maximum absolute atomic E-state index is 15.0. The topological polar surface area (TPSA) is 100 Å². The number of hydrogen-bond acceptors (Lipinski definition) is 9. The molecule has 0 saturated carbocycles. The minimum absolute atomic E-state index is 0.0152. The highest BCUT2D eigenvalue weighted by Crippen LogP contribution is 2.30. The molecule has 4 saturated heterocycles. The second kappa shape index (κ2) is 16.3. The summed E-state index contributed by atoms with van der Waals surface area (Å²) in [6.07, 6.45) is 5.88. The zero-order valence-corrected chi connectivity index (χ0v) is 29.7. The van der Waals surface area contributed by atoms with E-state index in [1.54, 1.807) is 17.8 Å². The largest absolute Gasteiger partial charge is 0.493 e. The summed E-state index contributed by atoms with van der Waals surface area (Å²) in [7, 11) is 0. The molecule has 10 nitrogen and oxygen atoms in total. The van der Waals surface area contributed by atoms with Gasteiger partial charge in [0.2, 0.25) is 0 Å². The van der Waals surface area contributed by atoms with Crippen molar-refractivity contribution in [1.29, 1.82) is 0 Å². The molecule has 1 N–H and O–H groups in total. The minimum atomic E-state index is -0.597. The lowest BCUT2D eigenvalue weighted by molar-refractivity contribution is -0.0314. The molecule has 262 valence electrons. The molecule has 1 aromatic carbocycles. The smallest absolute Gasteiger partial charge is 0.410 e. The van der Waals surface area contributed by atoms with Gasteiger partial charge in [0.25, 0.3) is 5.56 Å². The van der Waals surface area contributed by atoms with E-state index in [1.165, 1.54) is 6.07 Å². The van der Waals surface area contributed by atoms with Gasteiger partial charge in [0.1, 0.15) is 28.4 Å². The quantitative estimate of drug-likeness (QED) is 0.379. The second-order valence-electron chi connectivity index (χ2n) is 14.0. The van der Waals surface area contributed by atoms with Crippen molar-refractivity contribution in [3.05, 3.63) is 34.1 Å². The molecule has 2 aromatic rings. The van der Waals surface area contributed by atoms with Crippen LogP contribution >= 0.6 is 11.8 Å². The number of aromatic amines is 1. The van der Waals surface area contributed by atoms with Gasteiger partial charge in [-0.1, -0.05) is 13.8 Å². The number of aromatic nitrogens is 2. The molecule has 4 aliphatic heterocycles. The SMILES string of the molecule is CC.CC(C)(C)OC(=O)N1CCC(N2CC(N3CCC(COc4cc(F)c5c(=O)[nH]c(CSC6CCOCC6)nc5c4)CC3)C2)CC1. The minimum Gasteiger partial charge on any atom is -0.493 e. The van der Waals surface area contributed by atoms with Crippen LogP contribution in [0.15, 0.2) is 16.9 Å². The Morgan fingerprint density at radius 2 is 1.68 bits per heavy atom. The molecule has 4 aliphatic rings. The lowest BCUT2D eigenvalue weighted by Crippen LogP contribution is -2.64. The van der Waals surface area contributed by atoms with Gasteiger partial charge in [-0.3, -0.25) is 14.6 Å². The molecule has 1 aromatic heterocycles. The number of rotatable bonds is 8. The van der Waals surface area contributed by atoms with Crippen molar-refractivity contribution >= 4 is 28.8 Å². The van der Waals surface area contributed by atoms with Crippen LogP contribution in [-0.4, -0.2) is 113 Å². The third kappa shape index (κ3) is 9.61. The average Bonchev–Trinajstić information content (AvgIpc) is 3.03. The number of piperidine rings is 2. The number of carbonyl (C=O) groups is 1. The van der Waals surface area contributed by atoms with Gasteiger partial charge in [0.15, 0.2) is 0 Å². The molecule has 1 amide bonds. The van der Waals surface area contributed by atoms with E-state index >= 15 is 0 Å². The van der Waals surface area contributed by atoms with Crippen LogP contribution in [0.25, 0.3) is 10.9 Å². The van der Waals surface area contributed by atoms with E-state index in [0.717, 1.165) is 91.0 Å². The Balaban J connectivity index is 0.00000213. The highest BCUT2D eigenvalue weighted by Gasteiger charge is 2.39. The van der Waals surface area contributed by atoms with E-state index in [0.29, 0.717) is 52.7 Å². The van der Waals surface area contributed by atoms with Gasteiger partial charge in [-0.2, -0.15) is 11.8 Å². The lowest BCUT2D eigenvalue weighted by atomic mass is 9.92. The monoisotopic (exact) mass is 675 g/mol. The summed E-state index contributed by atoms with van der Waals surface area (Å²) in [5, 5.41) is 0.468. The number of H-pyrrole nitrogens is 1. The molecular weight excluding hydrogens is 621 g/mol. The molecule has 0 spiro atoms. The van der Waals surface area contributed by atoms with Crippen LogP contribution in [0.5, 0.6) is 5.75 Å². The van der Waals surface area contributed by atoms with Gasteiger partial charge in [0, 0.05) is 68.9 Å². The van der Waals surface area contributed by atoms with Crippen molar-refractivity contribution in [2.75, 3.05) is 59.1 Å². The molecule has 47 heavy (non-hydrogen) atoms. The number of hydrogen-bond donors (Lipinski definition) is 1. The normalized spacial score (nSPS) is 21.3. The molecule has 0 bridgehead atoms. The van der Waals surface area contributed by atoms with Crippen molar-refractivity contribution in [1.82, 2.24) is 24.7 Å². The maximum Gasteiger partial charge on any atom is 0.410 e. The first-order valence-corrected chi connectivity index (χ1v) is 18.7. The molecule has 0 aliphatic carbocycles. The standard InChI is InChI=1S/C33H48FN5O5S.C2H6/c1-33(2,3)44-32(41)38-12-6-23(7-13-38)39-18-24(19-39)37-10-4-22(5-11-37)20-43-25-16-27(34)30-28(17-25)35-29(36-31(30)40)21-45-26-8-14-42-15-9-26;1-2/h16-17,22-24,26H,4-15,18-21H2,1-3H3,(H,35,36,40);1-2H3. The third-order valence-electron chi connectivity index (χ3n) is 9.58. The van der Waals surface area contributed by atoms with E-state index in [9.17, 15) is 14.0 Å². The number of halogens is 1. The van der Waals surface area contributed by atoms with E-state index in [-0.39, 0.29) is 11.5 Å². The number of ether oxygens (including phenoxy) is 3. The maximum atomic E-state index is 15.0. The predicted molar refractivity (Wildman–Crippen MR) is 185 cm³/mol. The van der Waals surface area contributed by atoms with E-state index in [4.69, 9.17) is 14.2 Å². The Hall–Kier alpha value is -2.41. The van der Waals surface area contributed by atoms with E-state index in [2.05, 4.69) is 19.8 Å². The molecule has 5 heterocycles. The first kappa shape index (κ1) is 35.9. The zero-order chi connectivity index (χ0) is 33.6. The number of nitrogens with one attached hydrogen (secondary N) is 1. The fraction of sp³-hybridized carbons (Fsp3) is 0.743. The highest BCUT2D eigenvalue weighted by molar-refractivity contribution is 7.99. The summed E-state index contributed by atoms with van der Waals surface area (Å²) in [6.45, 7) is 17.6. The Bertz CT molecular complexity index is 1370. The molecular formula is C35H54FN5O5S. The fourth-order valence-electron chi connectivity index (χ4n) is 6.89. The van der Waals surface area contributed by atoms with Gasteiger partial charge in [-0.05, 0) is 78.3 Å². The van der Waals surface area contributed by atoms with Crippen LogP contribution in [0.1, 0.15) is 79.0 Å². The van der Waals surface area contributed by atoms with Crippen molar-refractivity contribution in [2.45, 2.75) is 102 Å². The van der Waals surface area contributed by atoms with Crippen LogP contribution in [0, 0.1) is 11.7 Å². The van der Waals surface area contributed by atoms with Crippen LogP contribution < -0.4 is 10.3 Å². The number of amides is 1. The van der Waals surface area contributed by atoms with Crippen molar-refractivity contribution < 1.29 is 23.4 Å². The summed E-state index contributed by atoms with van der Waals surface area (Å²) < 4.78 is 32.0. The van der Waals surface area contributed by atoms with Crippen molar-refractivity contribution in [3.8, 4) is 5.75 Å². The van der Waals surface area contributed by atoms with E-state index < -0.39 is 17.0 Å². The average molecular weight is 676 g/mol. The molecule has 0 atom stereocenters. The first-order valence-electron chi connectivity index (χ1n) is 17.6. The highest BCUT2D eigenvalue weighted by atomic mass is 32.2. The second-order valence-corrected chi connectivity index (χ2v) is 15.3. The number of benzene rings is 1. The summed E-state index contributed by atoms with van der Waals surface area (Å²) in [5.74, 6) is 1.38. The zero-order valence-electron chi connectivity index (χ0n) is 28.9. The number of nitrogens with zero attached hydrogens (tertiary/aromatic N) is 4. The number of fused-ring (bicyclic) bond motifs is 1. The van der Waals surface area contributed by atoms with E-state index in [1.807, 2.05) is 39.5 Å². The number of likely N-dealkylation sites (tertiary alicyclic amines) is 3. The van der Waals surface area contributed by atoms with Gasteiger partial charge in [-0.25, -0.2) is 14.2 Å². The molecule has 4 fully saturated rings. The van der Waals surface area contributed by atoms with Gasteiger partial charge < -0.3 is 24.1 Å². The van der Waals surface area contributed by atoms with Crippen LogP contribution in [0.4, 0.5) is 9.18 Å².